The molecule has 2 fully saturated rings. The smallest absolute Gasteiger partial charge is 0.217 e. The molecule has 0 aromatic carbocycles. The zero-order valence-electron chi connectivity index (χ0n) is 16.1. The van der Waals surface area contributed by atoms with Crippen LogP contribution in [0.2, 0.25) is 0 Å². The largest absolute Gasteiger partial charge is 0.394 e. The predicted octanol–water partition coefficient (Wildman–Crippen LogP) is -3.55. The Morgan fingerprint density at radius 1 is 0.964 bits per heavy atom. The zero-order valence-corrected chi connectivity index (χ0v) is 16.1. The molecule has 164 valence electrons. The van der Waals surface area contributed by atoms with Crippen LogP contribution in [-0.4, -0.2) is 111 Å². The number of aliphatic hydroxyl groups is 6. The van der Waals surface area contributed by atoms with Crippen LogP contribution in [0.25, 0.3) is 0 Å². The molecule has 7 N–H and O–H groups in total. The summed E-state index contributed by atoms with van der Waals surface area (Å²) in [4.78, 5) is 11.6. The van der Waals surface area contributed by atoms with Gasteiger partial charge in [-0.1, -0.05) is 13.8 Å². The van der Waals surface area contributed by atoms with E-state index in [1.807, 2.05) is 13.8 Å². The molecular formula is C17H31NO10. The first-order chi connectivity index (χ1) is 13.1. The van der Waals surface area contributed by atoms with Crippen molar-refractivity contribution in [2.45, 2.75) is 81.9 Å². The van der Waals surface area contributed by atoms with Crippen LogP contribution in [0.15, 0.2) is 0 Å². The van der Waals surface area contributed by atoms with Crippen molar-refractivity contribution in [2.24, 2.45) is 5.92 Å². The molecule has 0 aliphatic carbocycles. The molecule has 11 heteroatoms. The van der Waals surface area contributed by atoms with Gasteiger partial charge in [0.05, 0.1) is 25.4 Å². The molecule has 10 atom stereocenters. The highest BCUT2D eigenvalue weighted by molar-refractivity contribution is 5.73. The Hall–Kier alpha value is -0.890. The molecule has 2 aliphatic rings. The predicted molar refractivity (Wildman–Crippen MR) is 92.8 cm³/mol. The molecule has 2 heterocycles. The fraction of sp³-hybridized carbons (Fsp3) is 0.941. The molecule has 1 amide bonds. The third-order valence-corrected chi connectivity index (χ3v) is 5.10. The first-order valence-corrected chi connectivity index (χ1v) is 9.29. The maximum Gasteiger partial charge on any atom is 0.217 e. The molecule has 0 radical (unpaired) electrons. The Labute approximate surface area is 162 Å². The van der Waals surface area contributed by atoms with Crippen LogP contribution in [-0.2, 0) is 19.0 Å². The summed E-state index contributed by atoms with van der Waals surface area (Å²) in [6.07, 6.45) is -11.7. The molecule has 2 rings (SSSR count). The van der Waals surface area contributed by atoms with Crippen molar-refractivity contribution in [1.29, 1.82) is 0 Å². The van der Waals surface area contributed by atoms with Crippen molar-refractivity contribution in [3.8, 4) is 0 Å². The highest BCUT2D eigenvalue weighted by Crippen LogP contribution is 2.31. The number of hydrogen-bond acceptors (Lipinski definition) is 10. The fourth-order valence-electron chi connectivity index (χ4n) is 3.61. The van der Waals surface area contributed by atoms with Crippen LogP contribution < -0.4 is 5.32 Å². The lowest BCUT2D eigenvalue weighted by molar-refractivity contribution is -0.337. The first kappa shape index (κ1) is 23.4. The highest BCUT2D eigenvalue weighted by Gasteiger charge is 2.51. The van der Waals surface area contributed by atoms with Gasteiger partial charge in [0.1, 0.15) is 42.7 Å². The average Bonchev–Trinajstić information content (AvgIpc) is 2.64. The summed E-state index contributed by atoms with van der Waals surface area (Å²) in [5.41, 5.74) is 0. The van der Waals surface area contributed by atoms with Crippen LogP contribution in [0.1, 0.15) is 20.8 Å². The van der Waals surface area contributed by atoms with Crippen LogP contribution in [0.4, 0.5) is 0 Å². The van der Waals surface area contributed by atoms with E-state index >= 15 is 0 Å². The Morgan fingerprint density at radius 3 is 2.07 bits per heavy atom. The molecule has 2 saturated heterocycles. The molecule has 0 saturated carbocycles. The van der Waals surface area contributed by atoms with Gasteiger partial charge in [0.25, 0.3) is 0 Å². The normalized spacial score (nSPS) is 44.5. The monoisotopic (exact) mass is 409 g/mol. The second-order valence-electron chi connectivity index (χ2n) is 7.58. The van der Waals surface area contributed by atoms with Crippen molar-refractivity contribution in [2.75, 3.05) is 13.2 Å². The van der Waals surface area contributed by atoms with Gasteiger partial charge >= 0.3 is 0 Å². The van der Waals surface area contributed by atoms with Gasteiger partial charge in [-0.2, -0.15) is 0 Å². The number of rotatable bonds is 6. The number of ether oxygens (including phenoxy) is 3. The second-order valence-corrected chi connectivity index (χ2v) is 7.58. The zero-order chi connectivity index (χ0) is 21.2. The number of hydrogen-bond donors (Lipinski definition) is 7. The molecule has 0 aromatic heterocycles. The van der Waals surface area contributed by atoms with Gasteiger partial charge < -0.3 is 50.2 Å². The summed E-state index contributed by atoms with van der Waals surface area (Å²) >= 11 is 0. The van der Waals surface area contributed by atoms with Crippen molar-refractivity contribution < 1.29 is 49.6 Å². The Balaban J connectivity index is 2.22. The van der Waals surface area contributed by atoms with E-state index < -0.39 is 80.3 Å². The summed E-state index contributed by atoms with van der Waals surface area (Å²) in [5, 5.41) is 62.3. The average molecular weight is 409 g/mol. The number of carbonyl (C=O) groups is 1. The van der Waals surface area contributed by atoms with Gasteiger partial charge in [0, 0.05) is 6.92 Å². The van der Waals surface area contributed by atoms with E-state index in [1.165, 1.54) is 6.92 Å². The van der Waals surface area contributed by atoms with Gasteiger partial charge in [0.15, 0.2) is 6.29 Å². The first-order valence-electron chi connectivity index (χ1n) is 9.29. The van der Waals surface area contributed by atoms with E-state index in [4.69, 9.17) is 14.2 Å². The lowest BCUT2D eigenvalue weighted by Crippen LogP contribution is -2.68. The summed E-state index contributed by atoms with van der Waals surface area (Å²) in [6, 6.07) is -0.852. The fourth-order valence-corrected chi connectivity index (χ4v) is 3.61. The van der Waals surface area contributed by atoms with Crippen LogP contribution in [0.3, 0.4) is 0 Å². The van der Waals surface area contributed by atoms with E-state index in [2.05, 4.69) is 5.32 Å². The van der Waals surface area contributed by atoms with E-state index in [0.29, 0.717) is 0 Å². The van der Waals surface area contributed by atoms with Crippen LogP contribution >= 0.6 is 0 Å². The minimum Gasteiger partial charge on any atom is -0.394 e. The minimum atomic E-state index is -1.67. The minimum absolute atomic E-state index is 0.103. The maximum absolute atomic E-state index is 11.6. The molecule has 2 aliphatic heterocycles. The third kappa shape index (κ3) is 4.81. The van der Waals surface area contributed by atoms with Crippen molar-refractivity contribution >= 4 is 5.91 Å². The number of nitrogens with one attached hydrogen (secondary N) is 1. The van der Waals surface area contributed by atoms with Crippen LogP contribution in [0.5, 0.6) is 0 Å². The van der Waals surface area contributed by atoms with Crippen molar-refractivity contribution in [1.82, 2.24) is 5.32 Å². The number of amides is 1. The summed E-state index contributed by atoms with van der Waals surface area (Å²) < 4.78 is 16.7. The van der Waals surface area contributed by atoms with Gasteiger partial charge in [-0.05, 0) is 5.92 Å². The van der Waals surface area contributed by atoms with E-state index in [1.54, 1.807) is 0 Å². The molecular weight excluding hydrogens is 378 g/mol. The number of carbonyl (C=O) groups excluding carboxylic acids is 1. The summed E-state index contributed by atoms with van der Waals surface area (Å²) in [7, 11) is 0. The molecule has 6 unspecified atom stereocenters. The van der Waals surface area contributed by atoms with Gasteiger partial charge in [-0.15, -0.1) is 0 Å². The van der Waals surface area contributed by atoms with Crippen molar-refractivity contribution in [3.05, 3.63) is 0 Å². The lowest BCUT2D eigenvalue weighted by Gasteiger charge is -2.48. The maximum atomic E-state index is 11.6. The third-order valence-electron chi connectivity index (χ3n) is 5.10. The number of aliphatic hydroxyl groups excluding tert-OH is 6. The molecule has 28 heavy (non-hydrogen) atoms. The lowest BCUT2D eigenvalue weighted by atomic mass is 9.87. The molecule has 0 bridgehead atoms. The van der Waals surface area contributed by atoms with E-state index in [9.17, 15) is 35.4 Å². The van der Waals surface area contributed by atoms with Gasteiger partial charge in [0.2, 0.25) is 5.91 Å². The summed E-state index contributed by atoms with van der Waals surface area (Å²) in [6.45, 7) is 3.80. The Bertz CT molecular complexity index is 518. The van der Waals surface area contributed by atoms with E-state index in [0.717, 1.165) is 0 Å². The van der Waals surface area contributed by atoms with Crippen molar-refractivity contribution in [3.63, 3.8) is 0 Å². The van der Waals surface area contributed by atoms with Gasteiger partial charge in [-0.3, -0.25) is 4.79 Å². The quantitative estimate of drug-likeness (QED) is 0.232. The summed E-state index contributed by atoms with van der Waals surface area (Å²) in [5.74, 6) is -0.499. The standard InChI is InChI=1S/C17H31NO10/c1-6(2)15-10(18-7(3)21)12(23)16(9(5-20)26-15)28-17-14(25)13(24)11(22)8(4-19)27-17/h6,8-17,19-20,22-25H,4-5H2,1-3H3,(H,18,21)/t8?,9?,10?,11-,12?,13?,14?,15-,16+,17-/m0/s1. The molecule has 11 nitrogen and oxygen atoms in total. The molecule has 0 spiro atoms. The SMILES string of the molecule is CC(=O)NC1C(O)[C@H](O[C@@H]2OC(CO)[C@H](O)C(O)C2O)C(CO)O[C@H]1C(C)C. The second kappa shape index (κ2) is 9.74. The highest BCUT2D eigenvalue weighted by atomic mass is 16.7. The van der Waals surface area contributed by atoms with E-state index in [-0.39, 0.29) is 5.92 Å². The molecule has 0 aromatic rings. The van der Waals surface area contributed by atoms with Crippen LogP contribution in [0, 0.1) is 5.92 Å². The topological polar surface area (TPSA) is 178 Å². The Morgan fingerprint density at radius 2 is 1.57 bits per heavy atom. The van der Waals surface area contributed by atoms with Gasteiger partial charge in [-0.25, -0.2) is 0 Å². The Kier molecular flexibility index (Phi) is 8.14.